The second kappa shape index (κ2) is 7.17. The molecule has 0 amide bonds. The molecule has 0 spiro atoms. The summed E-state index contributed by atoms with van der Waals surface area (Å²) in [5.41, 5.74) is 0. The predicted octanol–water partition coefficient (Wildman–Crippen LogP) is 1.98. The van der Waals surface area contributed by atoms with Crippen LogP contribution in [0.15, 0.2) is 0 Å². The fraction of sp³-hybridized carbons (Fsp3) is 0.923. The second-order valence-electron chi connectivity index (χ2n) is 5.71. The topological polar surface area (TPSA) is 27.3 Å². The van der Waals surface area contributed by atoms with Gasteiger partial charge in [0.15, 0.2) is 5.11 Å². The second-order valence-corrected chi connectivity index (χ2v) is 6.12. The Labute approximate surface area is 111 Å². The highest BCUT2D eigenvalue weighted by Crippen LogP contribution is 2.17. The third-order valence-corrected chi connectivity index (χ3v) is 3.61. The Hall–Kier alpha value is -0.350. The Bertz CT molecular complexity index is 235. The van der Waals surface area contributed by atoms with E-state index in [0.29, 0.717) is 18.0 Å². The van der Waals surface area contributed by atoms with Crippen molar-refractivity contribution in [2.45, 2.75) is 51.6 Å². The van der Waals surface area contributed by atoms with Gasteiger partial charge in [-0.3, -0.25) is 0 Å². The number of nitrogens with one attached hydrogen (secondary N) is 2. The van der Waals surface area contributed by atoms with Gasteiger partial charge in [-0.1, -0.05) is 26.7 Å². The van der Waals surface area contributed by atoms with E-state index in [1.165, 1.54) is 25.7 Å². The van der Waals surface area contributed by atoms with Crippen LogP contribution in [0.25, 0.3) is 0 Å². The summed E-state index contributed by atoms with van der Waals surface area (Å²) in [6.45, 7) is 5.49. The van der Waals surface area contributed by atoms with Gasteiger partial charge in [-0.05, 0) is 45.1 Å². The van der Waals surface area contributed by atoms with Crippen LogP contribution in [0.4, 0.5) is 0 Å². The quantitative estimate of drug-likeness (QED) is 0.737. The van der Waals surface area contributed by atoms with Crippen molar-refractivity contribution in [1.29, 1.82) is 0 Å². The zero-order chi connectivity index (χ0) is 12.8. The van der Waals surface area contributed by atoms with Crippen molar-refractivity contribution >= 4 is 17.3 Å². The minimum absolute atomic E-state index is 0.423. The van der Waals surface area contributed by atoms with E-state index in [4.69, 9.17) is 12.2 Å². The molecule has 2 N–H and O–H groups in total. The van der Waals surface area contributed by atoms with Crippen LogP contribution in [0.1, 0.15) is 39.5 Å². The summed E-state index contributed by atoms with van der Waals surface area (Å²) >= 11 is 5.40. The summed E-state index contributed by atoms with van der Waals surface area (Å²) in [4.78, 5) is 2.20. The molecule has 0 radical (unpaired) electrons. The van der Waals surface area contributed by atoms with Gasteiger partial charge in [-0.15, -0.1) is 0 Å². The number of rotatable bonds is 5. The lowest BCUT2D eigenvalue weighted by atomic mass is 10.0. The summed E-state index contributed by atoms with van der Waals surface area (Å²) in [5.74, 6) is 0.584. The number of hydrogen-bond donors (Lipinski definition) is 2. The molecule has 3 nitrogen and oxygen atoms in total. The van der Waals surface area contributed by atoms with Gasteiger partial charge in [0.1, 0.15) is 0 Å². The summed E-state index contributed by atoms with van der Waals surface area (Å²) in [7, 11) is 4.20. The lowest BCUT2D eigenvalue weighted by Crippen LogP contribution is -2.50. The van der Waals surface area contributed by atoms with Gasteiger partial charge in [0.05, 0.1) is 0 Å². The van der Waals surface area contributed by atoms with E-state index in [-0.39, 0.29) is 0 Å². The minimum atomic E-state index is 0.423. The Morgan fingerprint density at radius 1 is 1.29 bits per heavy atom. The number of nitrogens with zero attached hydrogens (tertiary/aromatic N) is 1. The minimum Gasteiger partial charge on any atom is -0.360 e. The number of thiocarbonyl (C=S) groups is 1. The van der Waals surface area contributed by atoms with E-state index >= 15 is 0 Å². The third kappa shape index (κ3) is 5.68. The molecule has 0 aromatic rings. The molecule has 4 heteroatoms. The highest BCUT2D eigenvalue weighted by atomic mass is 32.1. The average molecular weight is 257 g/mol. The fourth-order valence-electron chi connectivity index (χ4n) is 2.28. The number of hydrogen-bond acceptors (Lipinski definition) is 2. The lowest BCUT2D eigenvalue weighted by Gasteiger charge is -2.28. The highest BCUT2D eigenvalue weighted by molar-refractivity contribution is 7.80. The SMILES string of the molecule is CC(C)C(CN(C)C)NC(=S)NC1CCCC1. The molecule has 1 aliphatic carbocycles. The van der Waals surface area contributed by atoms with Crippen molar-refractivity contribution in [3.63, 3.8) is 0 Å². The lowest BCUT2D eigenvalue weighted by molar-refractivity contribution is 0.312. The first-order valence-corrected chi connectivity index (χ1v) is 7.11. The van der Waals surface area contributed by atoms with Crippen molar-refractivity contribution in [2.75, 3.05) is 20.6 Å². The summed E-state index contributed by atoms with van der Waals surface area (Å²) in [5, 5.41) is 7.72. The van der Waals surface area contributed by atoms with Crippen molar-refractivity contribution in [1.82, 2.24) is 15.5 Å². The summed E-state index contributed by atoms with van der Waals surface area (Å²) in [6.07, 6.45) is 5.21. The predicted molar refractivity (Wildman–Crippen MR) is 78.3 cm³/mol. The zero-order valence-electron chi connectivity index (χ0n) is 11.6. The van der Waals surface area contributed by atoms with Gasteiger partial charge in [0, 0.05) is 18.6 Å². The zero-order valence-corrected chi connectivity index (χ0v) is 12.4. The molecule has 0 heterocycles. The summed E-state index contributed by atoms with van der Waals surface area (Å²) in [6, 6.07) is 1.02. The molecule has 1 saturated carbocycles. The van der Waals surface area contributed by atoms with Crippen LogP contribution in [-0.4, -0.2) is 42.7 Å². The molecular weight excluding hydrogens is 230 g/mol. The molecule has 0 saturated heterocycles. The van der Waals surface area contributed by atoms with Gasteiger partial charge in [0.25, 0.3) is 0 Å². The molecule has 1 aliphatic rings. The largest absolute Gasteiger partial charge is 0.360 e. The van der Waals surface area contributed by atoms with Gasteiger partial charge >= 0.3 is 0 Å². The van der Waals surface area contributed by atoms with Crippen molar-refractivity contribution < 1.29 is 0 Å². The average Bonchev–Trinajstić information content (AvgIpc) is 2.68. The standard InChI is InChI=1S/C13H27N3S/c1-10(2)12(9-16(3)4)15-13(17)14-11-7-5-6-8-11/h10-12H,5-9H2,1-4H3,(H2,14,15,17). The van der Waals surface area contributed by atoms with Crippen LogP contribution < -0.4 is 10.6 Å². The monoisotopic (exact) mass is 257 g/mol. The molecule has 100 valence electrons. The van der Waals surface area contributed by atoms with Crippen LogP contribution in [-0.2, 0) is 0 Å². The van der Waals surface area contributed by atoms with Gasteiger partial charge in [-0.2, -0.15) is 0 Å². The van der Waals surface area contributed by atoms with E-state index in [9.17, 15) is 0 Å². The molecule has 0 aliphatic heterocycles. The molecule has 0 bridgehead atoms. The van der Waals surface area contributed by atoms with Crippen molar-refractivity contribution in [3.05, 3.63) is 0 Å². The van der Waals surface area contributed by atoms with Crippen LogP contribution in [0.2, 0.25) is 0 Å². The maximum absolute atomic E-state index is 5.40. The van der Waals surface area contributed by atoms with Crippen molar-refractivity contribution in [2.24, 2.45) is 5.92 Å². The van der Waals surface area contributed by atoms with E-state index in [1.54, 1.807) is 0 Å². The Balaban J connectivity index is 2.34. The summed E-state index contributed by atoms with van der Waals surface area (Å²) < 4.78 is 0. The molecule has 17 heavy (non-hydrogen) atoms. The van der Waals surface area contributed by atoms with E-state index < -0.39 is 0 Å². The van der Waals surface area contributed by atoms with E-state index in [2.05, 4.69) is 43.5 Å². The first-order chi connectivity index (χ1) is 7.99. The van der Waals surface area contributed by atoms with Crippen LogP contribution in [0.3, 0.4) is 0 Å². The Kier molecular flexibility index (Phi) is 6.20. The maximum atomic E-state index is 5.40. The van der Waals surface area contributed by atoms with Crippen molar-refractivity contribution in [3.8, 4) is 0 Å². The third-order valence-electron chi connectivity index (χ3n) is 3.37. The molecule has 0 aromatic heterocycles. The van der Waals surface area contributed by atoms with Crippen LogP contribution in [0, 0.1) is 5.92 Å². The first-order valence-electron chi connectivity index (χ1n) is 6.70. The van der Waals surface area contributed by atoms with Gasteiger partial charge in [-0.25, -0.2) is 0 Å². The Morgan fingerprint density at radius 2 is 1.88 bits per heavy atom. The normalized spacial score (nSPS) is 18.7. The Morgan fingerprint density at radius 3 is 2.35 bits per heavy atom. The molecule has 1 rings (SSSR count). The molecule has 1 fully saturated rings. The van der Waals surface area contributed by atoms with E-state index in [1.807, 2.05) is 0 Å². The molecule has 0 aromatic carbocycles. The fourth-order valence-corrected chi connectivity index (χ4v) is 2.60. The highest BCUT2D eigenvalue weighted by Gasteiger charge is 2.19. The molecular formula is C13H27N3S. The first kappa shape index (κ1) is 14.7. The van der Waals surface area contributed by atoms with Gasteiger partial charge < -0.3 is 15.5 Å². The van der Waals surface area contributed by atoms with E-state index in [0.717, 1.165) is 11.7 Å². The smallest absolute Gasteiger partial charge is 0.166 e. The molecule has 1 unspecified atom stereocenters. The molecule has 1 atom stereocenters. The number of likely N-dealkylation sites (N-methyl/N-ethyl adjacent to an activating group) is 1. The van der Waals surface area contributed by atoms with Gasteiger partial charge in [0.2, 0.25) is 0 Å². The van der Waals surface area contributed by atoms with Crippen LogP contribution >= 0.6 is 12.2 Å². The maximum Gasteiger partial charge on any atom is 0.166 e. The van der Waals surface area contributed by atoms with Crippen LogP contribution in [0.5, 0.6) is 0 Å².